The minimum absolute atomic E-state index is 0.0182. The van der Waals surface area contributed by atoms with E-state index in [-0.39, 0.29) is 40.0 Å². The number of rotatable bonds is 11. The quantitative estimate of drug-likeness (QED) is 0.0935. The van der Waals surface area contributed by atoms with E-state index in [9.17, 15) is 21.6 Å². The fraction of sp³-hybridized carbons (Fsp3) is 0.195. The molecule has 0 aliphatic rings. The number of pyridine rings is 1. The monoisotopic (exact) mass is 779 g/mol. The molecule has 6 rings (SSSR count). The Morgan fingerprint density at radius 1 is 0.607 bits per heavy atom. The number of hydrogen-bond donors (Lipinski definition) is 4. The van der Waals surface area contributed by atoms with E-state index in [0.29, 0.717) is 46.0 Å². The van der Waals surface area contributed by atoms with E-state index in [0.717, 1.165) is 18.4 Å². The third-order valence-electron chi connectivity index (χ3n) is 7.37. The first kappa shape index (κ1) is 40.7. The third-order valence-corrected chi connectivity index (χ3v) is 8.48. The molecule has 0 unspecified atom stereocenters. The Morgan fingerprint density at radius 3 is 1.70 bits per heavy atom. The van der Waals surface area contributed by atoms with Gasteiger partial charge in [0.05, 0.1) is 10.5 Å². The second-order valence-electron chi connectivity index (χ2n) is 13.0. The van der Waals surface area contributed by atoms with Gasteiger partial charge in [-0.3, -0.25) is 0 Å². The molecule has 3 aromatic heterocycles. The number of nitrogens with zero attached hydrogens (tertiary/aromatic N) is 5. The van der Waals surface area contributed by atoms with Crippen LogP contribution in [0.15, 0.2) is 102 Å². The van der Waals surface area contributed by atoms with Gasteiger partial charge in [0, 0.05) is 41.8 Å². The van der Waals surface area contributed by atoms with Gasteiger partial charge in [0.1, 0.15) is 52.1 Å². The van der Waals surface area contributed by atoms with Crippen molar-refractivity contribution in [1.29, 1.82) is 0 Å². The number of nitrogens with one attached hydrogen (secondary N) is 4. The van der Waals surface area contributed by atoms with Crippen molar-refractivity contribution in [3.05, 3.63) is 120 Å². The zero-order valence-corrected chi connectivity index (χ0v) is 32.3. The highest BCUT2D eigenvalue weighted by molar-refractivity contribution is 7.90. The number of aromatic nitrogens is 5. The molecule has 0 aliphatic carbocycles. The molecule has 0 amide bonds. The number of halogens is 3. The van der Waals surface area contributed by atoms with Crippen molar-refractivity contribution in [2.75, 3.05) is 27.5 Å². The number of sulfone groups is 1. The molecule has 11 nitrogen and oxygen atoms in total. The Bertz CT molecular complexity index is 2490. The molecule has 56 heavy (non-hydrogen) atoms. The van der Waals surface area contributed by atoms with Crippen molar-refractivity contribution in [2.45, 2.75) is 51.6 Å². The van der Waals surface area contributed by atoms with Gasteiger partial charge in [-0.25, -0.2) is 46.5 Å². The standard InChI is InChI=1S/C21H20FN5.C20H20F2N4O2S/c1-4-7-16-9-6-11-18(24-16)21-26-19(23-14(2)3)13-20(27-21)25-17-10-5-8-15(22)12-17;1-12(2)23-17-11-18(24-13-6-4-7-14(10-13)29(3,27)28)26-20(25-17)19-15(21)8-5-9-16(19)22/h5-6,8-14H,1-3H3,(H2,23,25,26,27);4-12H,1-3H3,(H2,23,24,25,26). The number of anilines is 6. The Kier molecular flexibility index (Phi) is 13.2. The minimum Gasteiger partial charge on any atom is -0.368 e. The summed E-state index contributed by atoms with van der Waals surface area (Å²) in [6.45, 7) is 9.61. The fourth-order valence-electron chi connectivity index (χ4n) is 5.12. The summed E-state index contributed by atoms with van der Waals surface area (Å²) in [6, 6.07) is 25.0. The Balaban J connectivity index is 0.000000215. The molecular formula is C41H40F3N9O2S. The highest BCUT2D eigenvalue weighted by Crippen LogP contribution is 2.28. The van der Waals surface area contributed by atoms with Gasteiger partial charge in [-0.15, -0.1) is 0 Å². The summed E-state index contributed by atoms with van der Waals surface area (Å²) in [4.78, 5) is 22.2. The second kappa shape index (κ2) is 18.2. The van der Waals surface area contributed by atoms with Gasteiger partial charge < -0.3 is 21.3 Å². The van der Waals surface area contributed by atoms with E-state index in [2.05, 4.69) is 58.0 Å². The summed E-state index contributed by atoms with van der Waals surface area (Å²) in [5.41, 5.74) is 1.99. The van der Waals surface area contributed by atoms with Crippen LogP contribution in [0, 0.1) is 29.3 Å². The van der Waals surface area contributed by atoms with E-state index in [4.69, 9.17) is 0 Å². The lowest BCUT2D eigenvalue weighted by Crippen LogP contribution is -2.12. The zero-order valence-electron chi connectivity index (χ0n) is 31.5. The van der Waals surface area contributed by atoms with E-state index in [1.807, 2.05) is 45.9 Å². The van der Waals surface area contributed by atoms with Crippen LogP contribution in [-0.2, 0) is 9.84 Å². The topological polar surface area (TPSA) is 147 Å². The van der Waals surface area contributed by atoms with Crippen molar-refractivity contribution in [1.82, 2.24) is 24.9 Å². The Hall–Kier alpha value is -6.53. The molecule has 0 saturated heterocycles. The fourth-order valence-corrected chi connectivity index (χ4v) is 5.79. The molecule has 4 N–H and O–H groups in total. The maximum absolute atomic E-state index is 14.2. The molecule has 3 heterocycles. The Labute approximate surface area is 324 Å². The van der Waals surface area contributed by atoms with Crippen molar-refractivity contribution in [2.24, 2.45) is 0 Å². The maximum atomic E-state index is 14.2. The maximum Gasteiger partial charge on any atom is 0.182 e. The molecular weight excluding hydrogens is 740 g/mol. The highest BCUT2D eigenvalue weighted by atomic mass is 32.2. The second-order valence-corrected chi connectivity index (χ2v) is 15.0. The average Bonchev–Trinajstić information content (AvgIpc) is 3.11. The van der Waals surface area contributed by atoms with Crippen molar-refractivity contribution in [3.8, 4) is 34.7 Å². The normalized spacial score (nSPS) is 10.9. The molecule has 3 aromatic carbocycles. The van der Waals surface area contributed by atoms with Crippen LogP contribution < -0.4 is 21.3 Å². The molecule has 0 aliphatic heterocycles. The van der Waals surface area contributed by atoms with Crippen molar-refractivity contribution >= 4 is 44.5 Å². The number of hydrogen-bond acceptors (Lipinski definition) is 11. The largest absolute Gasteiger partial charge is 0.368 e. The molecule has 0 atom stereocenters. The Morgan fingerprint density at radius 2 is 1.12 bits per heavy atom. The van der Waals surface area contributed by atoms with Crippen LogP contribution in [-0.4, -0.2) is 51.7 Å². The highest BCUT2D eigenvalue weighted by Gasteiger charge is 2.17. The third kappa shape index (κ3) is 11.5. The van der Waals surface area contributed by atoms with Crippen molar-refractivity contribution in [3.63, 3.8) is 0 Å². The summed E-state index contributed by atoms with van der Waals surface area (Å²) in [7, 11) is -3.39. The van der Waals surface area contributed by atoms with Crippen molar-refractivity contribution < 1.29 is 21.6 Å². The van der Waals surface area contributed by atoms with Gasteiger partial charge in [-0.2, -0.15) is 0 Å². The minimum atomic E-state index is -3.39. The first-order chi connectivity index (χ1) is 26.7. The first-order valence-corrected chi connectivity index (χ1v) is 19.3. The molecule has 0 spiro atoms. The summed E-state index contributed by atoms with van der Waals surface area (Å²) in [6.07, 6.45) is 1.11. The summed E-state index contributed by atoms with van der Waals surface area (Å²) < 4.78 is 65.5. The smallest absolute Gasteiger partial charge is 0.182 e. The van der Waals surface area contributed by atoms with Crippen LogP contribution in [0.1, 0.15) is 40.3 Å². The van der Waals surface area contributed by atoms with E-state index < -0.39 is 21.5 Å². The summed E-state index contributed by atoms with van der Waals surface area (Å²) >= 11 is 0. The van der Waals surface area contributed by atoms with Gasteiger partial charge >= 0.3 is 0 Å². The van der Waals surface area contributed by atoms with Gasteiger partial charge in [0.15, 0.2) is 21.5 Å². The molecule has 6 aromatic rings. The van der Waals surface area contributed by atoms with Gasteiger partial charge in [0.2, 0.25) is 0 Å². The predicted molar refractivity (Wildman–Crippen MR) is 215 cm³/mol. The summed E-state index contributed by atoms with van der Waals surface area (Å²) in [5, 5.41) is 12.5. The van der Waals surface area contributed by atoms with Crippen LogP contribution in [0.5, 0.6) is 0 Å². The predicted octanol–water partition coefficient (Wildman–Crippen LogP) is 9.00. The summed E-state index contributed by atoms with van der Waals surface area (Å²) in [5.74, 6) is 6.04. The van der Waals surface area contributed by atoms with Crippen LogP contribution in [0.4, 0.5) is 47.8 Å². The molecule has 0 bridgehead atoms. The lowest BCUT2D eigenvalue weighted by molar-refractivity contribution is 0.587. The molecule has 0 saturated carbocycles. The molecule has 288 valence electrons. The van der Waals surface area contributed by atoms with Crippen LogP contribution >= 0.6 is 0 Å². The first-order valence-electron chi connectivity index (χ1n) is 17.4. The van der Waals surface area contributed by atoms with Crippen LogP contribution in [0.25, 0.3) is 22.9 Å². The van der Waals surface area contributed by atoms with Gasteiger partial charge in [-0.05, 0) is 101 Å². The SMILES string of the molecule is CC#Cc1cccc(-c2nc(Nc3cccc(F)c3)cc(NC(C)C)n2)n1.CC(C)Nc1cc(Nc2cccc(S(C)(=O)=O)c2)nc(-c2c(F)cccc2F)n1. The van der Waals surface area contributed by atoms with E-state index in [1.165, 1.54) is 30.3 Å². The zero-order chi connectivity index (χ0) is 40.4. The van der Waals surface area contributed by atoms with E-state index >= 15 is 0 Å². The lowest BCUT2D eigenvalue weighted by atomic mass is 10.2. The average molecular weight is 780 g/mol. The van der Waals surface area contributed by atoms with Crippen LogP contribution in [0.2, 0.25) is 0 Å². The van der Waals surface area contributed by atoms with Crippen LogP contribution in [0.3, 0.4) is 0 Å². The van der Waals surface area contributed by atoms with E-state index in [1.54, 1.807) is 43.3 Å². The molecule has 0 fully saturated rings. The van der Waals surface area contributed by atoms with Gasteiger partial charge in [-0.1, -0.05) is 30.2 Å². The lowest BCUT2D eigenvalue weighted by Gasteiger charge is -2.14. The van der Waals surface area contributed by atoms with Gasteiger partial charge in [0.25, 0.3) is 0 Å². The molecule has 15 heteroatoms. The number of benzene rings is 3. The molecule has 0 radical (unpaired) electrons.